The van der Waals surface area contributed by atoms with Crippen molar-refractivity contribution in [1.29, 1.82) is 0 Å². The first-order valence-electron chi connectivity index (χ1n) is 9.22. The standard InChI is InChI=1S/C22H23N5/c1-15(9-21-10-16(2)26-27-21)23-12-17-13-24-22(25-14-17)20-8-7-18-5-3-4-6-19(18)11-20/h3-8,10-11,13-15,23H,9,12H2,1-2H3,(H,26,27). The third-order valence-corrected chi connectivity index (χ3v) is 4.64. The average molecular weight is 357 g/mol. The molecule has 0 saturated heterocycles. The van der Waals surface area contributed by atoms with Crippen LogP contribution in [0.5, 0.6) is 0 Å². The number of nitrogens with zero attached hydrogens (tertiary/aromatic N) is 3. The second-order valence-electron chi connectivity index (χ2n) is 7.01. The van der Waals surface area contributed by atoms with Crippen molar-refractivity contribution >= 4 is 10.8 Å². The Bertz CT molecular complexity index is 1040. The predicted octanol–water partition coefficient (Wildman–Crippen LogP) is 4.05. The number of aromatic amines is 1. The van der Waals surface area contributed by atoms with E-state index < -0.39 is 0 Å². The maximum absolute atomic E-state index is 4.55. The molecule has 2 aromatic heterocycles. The lowest BCUT2D eigenvalue weighted by Gasteiger charge is -2.12. The van der Waals surface area contributed by atoms with Gasteiger partial charge in [0.25, 0.3) is 0 Å². The molecule has 0 fully saturated rings. The average Bonchev–Trinajstić information content (AvgIpc) is 3.11. The van der Waals surface area contributed by atoms with Gasteiger partial charge in [0.1, 0.15) is 0 Å². The number of hydrogen-bond donors (Lipinski definition) is 2. The van der Waals surface area contributed by atoms with Gasteiger partial charge in [-0.15, -0.1) is 0 Å². The molecule has 4 rings (SSSR count). The van der Waals surface area contributed by atoms with Crippen molar-refractivity contribution in [2.45, 2.75) is 32.9 Å². The van der Waals surface area contributed by atoms with Crippen LogP contribution in [0.15, 0.2) is 60.9 Å². The summed E-state index contributed by atoms with van der Waals surface area (Å²) >= 11 is 0. The number of H-pyrrole nitrogens is 1. The molecule has 0 spiro atoms. The van der Waals surface area contributed by atoms with Crippen molar-refractivity contribution in [2.24, 2.45) is 0 Å². The normalized spacial score (nSPS) is 12.4. The molecular weight excluding hydrogens is 334 g/mol. The molecule has 5 nitrogen and oxygen atoms in total. The quantitative estimate of drug-likeness (QED) is 0.546. The molecule has 5 heteroatoms. The van der Waals surface area contributed by atoms with E-state index in [1.165, 1.54) is 10.8 Å². The molecule has 4 aromatic rings. The number of aryl methyl sites for hydroxylation is 1. The van der Waals surface area contributed by atoms with Crippen LogP contribution in [0.1, 0.15) is 23.9 Å². The summed E-state index contributed by atoms with van der Waals surface area (Å²) in [5.41, 5.74) is 4.28. The smallest absolute Gasteiger partial charge is 0.159 e. The fourth-order valence-corrected chi connectivity index (χ4v) is 3.18. The number of nitrogens with one attached hydrogen (secondary N) is 2. The third-order valence-electron chi connectivity index (χ3n) is 4.64. The molecule has 0 aliphatic carbocycles. The fourth-order valence-electron chi connectivity index (χ4n) is 3.18. The van der Waals surface area contributed by atoms with E-state index >= 15 is 0 Å². The molecule has 0 aliphatic heterocycles. The molecule has 2 N–H and O–H groups in total. The first-order valence-corrected chi connectivity index (χ1v) is 9.22. The van der Waals surface area contributed by atoms with E-state index in [2.05, 4.69) is 74.9 Å². The van der Waals surface area contributed by atoms with E-state index in [4.69, 9.17) is 0 Å². The van der Waals surface area contributed by atoms with E-state index in [9.17, 15) is 0 Å². The minimum absolute atomic E-state index is 0.327. The zero-order chi connectivity index (χ0) is 18.6. The first-order chi connectivity index (χ1) is 13.2. The summed E-state index contributed by atoms with van der Waals surface area (Å²) in [7, 11) is 0. The van der Waals surface area contributed by atoms with Gasteiger partial charge in [0.15, 0.2) is 5.82 Å². The zero-order valence-electron chi connectivity index (χ0n) is 15.6. The summed E-state index contributed by atoms with van der Waals surface area (Å²) in [6.07, 6.45) is 4.69. The van der Waals surface area contributed by atoms with Crippen LogP contribution in [0.2, 0.25) is 0 Å². The Kier molecular flexibility index (Phi) is 4.94. The van der Waals surface area contributed by atoms with Crippen LogP contribution in [-0.4, -0.2) is 26.2 Å². The molecule has 1 atom stereocenters. The van der Waals surface area contributed by atoms with Crippen LogP contribution in [-0.2, 0) is 13.0 Å². The largest absolute Gasteiger partial charge is 0.310 e. The van der Waals surface area contributed by atoms with Crippen LogP contribution in [0, 0.1) is 6.92 Å². The number of benzene rings is 2. The molecule has 0 amide bonds. The Balaban J connectivity index is 1.39. The van der Waals surface area contributed by atoms with Crippen LogP contribution in [0.4, 0.5) is 0 Å². The lowest BCUT2D eigenvalue weighted by molar-refractivity contribution is 0.538. The summed E-state index contributed by atoms with van der Waals surface area (Å²) in [4.78, 5) is 9.11. The van der Waals surface area contributed by atoms with Crippen molar-refractivity contribution in [1.82, 2.24) is 25.5 Å². The molecule has 136 valence electrons. The first kappa shape index (κ1) is 17.4. The second-order valence-corrected chi connectivity index (χ2v) is 7.01. The van der Waals surface area contributed by atoms with E-state index in [-0.39, 0.29) is 0 Å². The lowest BCUT2D eigenvalue weighted by Crippen LogP contribution is -2.27. The van der Waals surface area contributed by atoms with Gasteiger partial charge >= 0.3 is 0 Å². The summed E-state index contributed by atoms with van der Waals surface area (Å²) in [5.74, 6) is 0.754. The van der Waals surface area contributed by atoms with Gasteiger partial charge in [-0.3, -0.25) is 5.10 Å². The lowest BCUT2D eigenvalue weighted by atomic mass is 10.1. The van der Waals surface area contributed by atoms with Gasteiger partial charge in [0, 0.05) is 48.2 Å². The van der Waals surface area contributed by atoms with E-state index in [1.54, 1.807) is 0 Å². The van der Waals surface area contributed by atoms with E-state index in [0.29, 0.717) is 6.04 Å². The van der Waals surface area contributed by atoms with Gasteiger partial charge in [0.2, 0.25) is 0 Å². The molecule has 1 unspecified atom stereocenters. The zero-order valence-corrected chi connectivity index (χ0v) is 15.6. The van der Waals surface area contributed by atoms with Crippen molar-refractivity contribution in [3.63, 3.8) is 0 Å². The summed E-state index contributed by atoms with van der Waals surface area (Å²) in [6.45, 7) is 4.92. The Morgan fingerprint density at radius 2 is 1.78 bits per heavy atom. The van der Waals surface area contributed by atoms with Crippen LogP contribution in [0.3, 0.4) is 0 Å². The van der Waals surface area contributed by atoms with Crippen molar-refractivity contribution in [2.75, 3.05) is 0 Å². The van der Waals surface area contributed by atoms with Gasteiger partial charge in [-0.25, -0.2) is 9.97 Å². The van der Waals surface area contributed by atoms with Crippen LogP contribution < -0.4 is 5.32 Å². The Labute approximate surface area is 158 Å². The van der Waals surface area contributed by atoms with Gasteiger partial charge in [-0.05, 0) is 36.8 Å². The van der Waals surface area contributed by atoms with Crippen LogP contribution in [0.25, 0.3) is 22.2 Å². The third kappa shape index (κ3) is 4.20. The maximum atomic E-state index is 4.55. The van der Waals surface area contributed by atoms with Crippen molar-refractivity contribution in [3.05, 3.63) is 77.9 Å². The molecule has 0 radical (unpaired) electrons. The Hall–Kier alpha value is -3.05. The number of fused-ring (bicyclic) bond motifs is 1. The van der Waals surface area contributed by atoms with Gasteiger partial charge in [-0.1, -0.05) is 36.4 Å². The van der Waals surface area contributed by atoms with Crippen molar-refractivity contribution in [3.8, 4) is 11.4 Å². The molecule has 2 heterocycles. The Morgan fingerprint density at radius 3 is 2.52 bits per heavy atom. The second kappa shape index (κ2) is 7.68. The highest BCUT2D eigenvalue weighted by molar-refractivity contribution is 5.86. The van der Waals surface area contributed by atoms with Gasteiger partial charge in [-0.2, -0.15) is 5.10 Å². The maximum Gasteiger partial charge on any atom is 0.159 e. The number of aromatic nitrogens is 4. The highest BCUT2D eigenvalue weighted by atomic mass is 15.1. The fraction of sp³-hybridized carbons (Fsp3) is 0.227. The van der Waals surface area contributed by atoms with Crippen LogP contribution >= 0.6 is 0 Å². The number of hydrogen-bond acceptors (Lipinski definition) is 4. The molecule has 0 saturated carbocycles. The molecule has 0 bridgehead atoms. The Morgan fingerprint density at radius 1 is 1.00 bits per heavy atom. The summed E-state index contributed by atoms with van der Waals surface area (Å²) in [5, 5.41) is 13.2. The SMILES string of the molecule is Cc1cc(CC(C)NCc2cnc(-c3ccc4ccccc4c3)nc2)n[nH]1. The minimum atomic E-state index is 0.327. The van der Waals surface area contributed by atoms with E-state index in [1.807, 2.05) is 25.4 Å². The predicted molar refractivity (Wildman–Crippen MR) is 108 cm³/mol. The minimum Gasteiger partial charge on any atom is -0.310 e. The monoisotopic (exact) mass is 357 g/mol. The topological polar surface area (TPSA) is 66.5 Å². The summed E-state index contributed by atoms with van der Waals surface area (Å²) < 4.78 is 0. The van der Waals surface area contributed by atoms with E-state index in [0.717, 1.165) is 41.3 Å². The highest BCUT2D eigenvalue weighted by Gasteiger charge is 2.07. The van der Waals surface area contributed by atoms with Gasteiger partial charge in [0.05, 0.1) is 5.69 Å². The molecule has 0 aliphatic rings. The molecule has 27 heavy (non-hydrogen) atoms. The van der Waals surface area contributed by atoms with Crippen molar-refractivity contribution < 1.29 is 0 Å². The molecule has 2 aromatic carbocycles. The highest BCUT2D eigenvalue weighted by Crippen LogP contribution is 2.21. The molecular formula is C22H23N5. The summed E-state index contributed by atoms with van der Waals surface area (Å²) in [6, 6.07) is 17.1. The van der Waals surface area contributed by atoms with Gasteiger partial charge < -0.3 is 5.32 Å². The number of rotatable bonds is 6.